The van der Waals surface area contributed by atoms with Crippen molar-refractivity contribution in [2.75, 3.05) is 10.8 Å². The standard InChI is InChI=1S/C28H30Cl2FN3O4S/c1-4-19(2)32-28(36)20(3)33(17-24-25(29)11-8-12-26(24)30)27(35)18-34(22-15-13-21(31)14-16-22)39(37,38)23-9-6-5-7-10-23/h5-16,19-20H,4,17-18H2,1-3H3,(H,32,36)/t19-,20+/m0/s1. The molecule has 3 aromatic carbocycles. The van der Waals surface area contributed by atoms with E-state index in [4.69, 9.17) is 23.2 Å². The summed E-state index contributed by atoms with van der Waals surface area (Å²) in [6, 6.07) is 16.1. The Kier molecular flexibility index (Phi) is 10.4. The first kappa shape index (κ1) is 30.4. The highest BCUT2D eigenvalue weighted by Gasteiger charge is 2.33. The van der Waals surface area contributed by atoms with Gasteiger partial charge in [-0.3, -0.25) is 13.9 Å². The number of rotatable bonds is 11. The van der Waals surface area contributed by atoms with Crippen LogP contribution in [0.25, 0.3) is 0 Å². The summed E-state index contributed by atoms with van der Waals surface area (Å²) in [7, 11) is -4.24. The maximum Gasteiger partial charge on any atom is 0.264 e. The second-order valence-electron chi connectivity index (χ2n) is 9.02. The Morgan fingerprint density at radius 2 is 1.51 bits per heavy atom. The van der Waals surface area contributed by atoms with E-state index in [9.17, 15) is 22.4 Å². The molecule has 0 bridgehead atoms. The molecule has 3 aromatic rings. The average Bonchev–Trinajstić information content (AvgIpc) is 2.92. The molecule has 0 aromatic heterocycles. The summed E-state index contributed by atoms with van der Waals surface area (Å²) in [5.74, 6) is -1.66. The van der Waals surface area contributed by atoms with Gasteiger partial charge in [0.25, 0.3) is 10.0 Å². The van der Waals surface area contributed by atoms with Gasteiger partial charge < -0.3 is 10.2 Å². The number of amides is 2. The second-order valence-corrected chi connectivity index (χ2v) is 11.7. The fraction of sp³-hybridized carbons (Fsp3) is 0.286. The molecule has 39 heavy (non-hydrogen) atoms. The molecule has 208 valence electrons. The Hall–Kier alpha value is -3.14. The predicted molar refractivity (Wildman–Crippen MR) is 152 cm³/mol. The lowest BCUT2D eigenvalue weighted by atomic mass is 10.1. The molecule has 3 rings (SSSR count). The molecular formula is C28H30Cl2FN3O4S. The van der Waals surface area contributed by atoms with Crippen molar-refractivity contribution >= 4 is 50.7 Å². The first-order valence-electron chi connectivity index (χ1n) is 12.3. The molecule has 0 aliphatic rings. The highest BCUT2D eigenvalue weighted by Crippen LogP contribution is 2.28. The second kappa shape index (κ2) is 13.3. The molecule has 2 amide bonds. The number of anilines is 1. The highest BCUT2D eigenvalue weighted by molar-refractivity contribution is 7.92. The number of sulfonamides is 1. The van der Waals surface area contributed by atoms with Gasteiger partial charge in [0.15, 0.2) is 0 Å². The van der Waals surface area contributed by atoms with E-state index in [2.05, 4.69) is 5.32 Å². The molecule has 0 aliphatic carbocycles. The van der Waals surface area contributed by atoms with Gasteiger partial charge in [0.2, 0.25) is 11.8 Å². The van der Waals surface area contributed by atoms with Gasteiger partial charge in [0, 0.05) is 28.2 Å². The van der Waals surface area contributed by atoms with Crippen LogP contribution in [-0.4, -0.2) is 43.8 Å². The van der Waals surface area contributed by atoms with E-state index in [0.717, 1.165) is 16.4 Å². The van der Waals surface area contributed by atoms with Crippen LogP contribution in [0, 0.1) is 5.82 Å². The van der Waals surface area contributed by atoms with Gasteiger partial charge in [-0.25, -0.2) is 12.8 Å². The fourth-order valence-corrected chi connectivity index (χ4v) is 5.71. The van der Waals surface area contributed by atoms with Crippen molar-refractivity contribution < 1.29 is 22.4 Å². The normalized spacial score (nSPS) is 12.9. The number of carbonyl (C=O) groups excluding carboxylic acids is 2. The first-order chi connectivity index (χ1) is 18.4. The van der Waals surface area contributed by atoms with Gasteiger partial charge in [-0.05, 0) is 68.8 Å². The quantitative estimate of drug-likeness (QED) is 0.311. The van der Waals surface area contributed by atoms with Gasteiger partial charge in [-0.2, -0.15) is 0 Å². The van der Waals surface area contributed by atoms with Gasteiger partial charge in [0.05, 0.1) is 10.6 Å². The Labute approximate surface area is 238 Å². The van der Waals surface area contributed by atoms with Gasteiger partial charge in [0.1, 0.15) is 18.4 Å². The lowest BCUT2D eigenvalue weighted by Crippen LogP contribution is -2.52. The minimum atomic E-state index is -4.24. The van der Waals surface area contributed by atoms with Crippen LogP contribution in [0.3, 0.4) is 0 Å². The lowest BCUT2D eigenvalue weighted by molar-refractivity contribution is -0.139. The molecule has 11 heteroatoms. The van der Waals surface area contributed by atoms with Crippen LogP contribution in [0.2, 0.25) is 10.0 Å². The van der Waals surface area contributed by atoms with Gasteiger partial charge >= 0.3 is 0 Å². The van der Waals surface area contributed by atoms with Crippen molar-refractivity contribution in [1.82, 2.24) is 10.2 Å². The number of hydrogen-bond donors (Lipinski definition) is 1. The summed E-state index contributed by atoms with van der Waals surface area (Å²) in [5, 5.41) is 3.44. The van der Waals surface area contributed by atoms with Crippen LogP contribution in [0.5, 0.6) is 0 Å². The first-order valence-corrected chi connectivity index (χ1v) is 14.5. The zero-order valence-corrected chi connectivity index (χ0v) is 24.1. The average molecular weight is 595 g/mol. The highest BCUT2D eigenvalue weighted by atomic mass is 35.5. The molecule has 7 nitrogen and oxygen atoms in total. The van der Waals surface area contributed by atoms with E-state index in [0.29, 0.717) is 22.0 Å². The molecule has 0 saturated carbocycles. The Morgan fingerprint density at radius 1 is 0.923 bits per heavy atom. The van der Waals surface area contributed by atoms with Crippen LogP contribution in [-0.2, 0) is 26.2 Å². The van der Waals surface area contributed by atoms with Crippen molar-refractivity contribution in [3.05, 3.63) is 94.2 Å². The Morgan fingerprint density at radius 3 is 2.08 bits per heavy atom. The molecular weight excluding hydrogens is 564 g/mol. The number of nitrogens with zero attached hydrogens (tertiary/aromatic N) is 2. The van der Waals surface area contributed by atoms with E-state index in [1.54, 1.807) is 43.3 Å². The summed E-state index contributed by atoms with van der Waals surface area (Å²) in [4.78, 5) is 28.2. The number of benzene rings is 3. The van der Waals surface area contributed by atoms with E-state index in [1.807, 2.05) is 13.8 Å². The summed E-state index contributed by atoms with van der Waals surface area (Å²) in [6.07, 6.45) is 0.677. The smallest absolute Gasteiger partial charge is 0.264 e. The van der Waals surface area contributed by atoms with Crippen molar-refractivity contribution in [3.8, 4) is 0 Å². The maximum absolute atomic E-state index is 13.9. The molecule has 1 N–H and O–H groups in total. The largest absolute Gasteiger partial charge is 0.352 e. The third-order valence-corrected chi connectivity index (χ3v) is 8.78. The van der Waals surface area contributed by atoms with Crippen LogP contribution >= 0.6 is 23.2 Å². The molecule has 0 unspecified atom stereocenters. The monoisotopic (exact) mass is 593 g/mol. The molecule has 0 saturated heterocycles. The number of nitrogens with one attached hydrogen (secondary N) is 1. The third kappa shape index (κ3) is 7.50. The molecule has 2 atom stereocenters. The van der Waals surface area contributed by atoms with Crippen molar-refractivity contribution in [3.63, 3.8) is 0 Å². The van der Waals surface area contributed by atoms with Gasteiger partial charge in [-0.1, -0.05) is 54.4 Å². The Bertz CT molecular complexity index is 1390. The molecule has 0 radical (unpaired) electrons. The zero-order chi connectivity index (χ0) is 28.7. The maximum atomic E-state index is 13.9. The van der Waals surface area contributed by atoms with Crippen LogP contribution in [0.1, 0.15) is 32.8 Å². The molecule has 0 aliphatic heterocycles. The fourth-order valence-electron chi connectivity index (χ4n) is 3.76. The minimum Gasteiger partial charge on any atom is -0.352 e. The van der Waals surface area contributed by atoms with E-state index in [-0.39, 0.29) is 23.2 Å². The summed E-state index contributed by atoms with van der Waals surface area (Å²) >= 11 is 12.7. The predicted octanol–water partition coefficient (Wildman–Crippen LogP) is 5.66. The zero-order valence-electron chi connectivity index (χ0n) is 21.8. The van der Waals surface area contributed by atoms with Crippen molar-refractivity contribution in [2.45, 2.75) is 50.7 Å². The number of hydrogen-bond acceptors (Lipinski definition) is 4. The number of carbonyl (C=O) groups is 2. The minimum absolute atomic E-state index is 0.0506. The lowest BCUT2D eigenvalue weighted by Gasteiger charge is -2.32. The SMILES string of the molecule is CC[C@H](C)NC(=O)[C@@H](C)N(Cc1c(Cl)cccc1Cl)C(=O)CN(c1ccc(F)cc1)S(=O)(=O)c1ccccc1. The van der Waals surface area contributed by atoms with Gasteiger partial charge in [-0.15, -0.1) is 0 Å². The van der Waals surface area contributed by atoms with Crippen molar-refractivity contribution in [1.29, 1.82) is 0 Å². The molecule has 0 heterocycles. The van der Waals surface area contributed by atoms with E-state index >= 15 is 0 Å². The van der Waals surface area contributed by atoms with Crippen LogP contribution < -0.4 is 9.62 Å². The van der Waals surface area contributed by atoms with E-state index in [1.165, 1.54) is 29.2 Å². The van der Waals surface area contributed by atoms with Crippen LogP contribution in [0.15, 0.2) is 77.7 Å². The summed E-state index contributed by atoms with van der Waals surface area (Å²) < 4.78 is 41.9. The van der Waals surface area contributed by atoms with E-state index < -0.39 is 40.2 Å². The number of halogens is 3. The summed E-state index contributed by atoms with van der Waals surface area (Å²) in [6.45, 7) is 4.50. The third-order valence-electron chi connectivity index (χ3n) is 6.28. The van der Waals surface area contributed by atoms with Crippen LogP contribution in [0.4, 0.5) is 10.1 Å². The molecule has 0 fully saturated rings. The topological polar surface area (TPSA) is 86.8 Å². The molecule has 0 spiro atoms. The summed E-state index contributed by atoms with van der Waals surface area (Å²) in [5.41, 5.74) is 0.498. The van der Waals surface area contributed by atoms with Crippen molar-refractivity contribution in [2.24, 2.45) is 0 Å². The Balaban J connectivity index is 2.05.